The summed E-state index contributed by atoms with van der Waals surface area (Å²) in [5.41, 5.74) is -1.92. The van der Waals surface area contributed by atoms with Crippen LogP contribution in [0.4, 0.5) is 4.39 Å². The van der Waals surface area contributed by atoms with Gasteiger partial charge in [-0.2, -0.15) is 0 Å². The summed E-state index contributed by atoms with van der Waals surface area (Å²) >= 11 is 0. The van der Waals surface area contributed by atoms with Crippen LogP contribution in [-0.2, 0) is 14.3 Å². The van der Waals surface area contributed by atoms with Gasteiger partial charge in [0.25, 0.3) is 5.91 Å². The van der Waals surface area contributed by atoms with Crippen molar-refractivity contribution >= 4 is 11.8 Å². The minimum Gasteiger partial charge on any atom is -0.362 e. The first-order valence-corrected chi connectivity index (χ1v) is 8.80. The number of amides is 2. The molecule has 0 bridgehead atoms. The van der Waals surface area contributed by atoms with Crippen molar-refractivity contribution in [3.8, 4) is 0 Å². The predicted molar refractivity (Wildman–Crippen MR) is 83.6 cm³/mol. The van der Waals surface area contributed by atoms with Crippen LogP contribution in [0.25, 0.3) is 0 Å². The molecule has 23 heavy (non-hydrogen) atoms. The standard InChI is InChI=1S/C17H27FN2O3/c1-12(2)19-14(21)13-4-7-16(23-13)8-10-20(11-9-16)15(22)17(18)5-3-6-17/h12-13H,3-11H2,1-2H3,(H,19,21). The summed E-state index contributed by atoms with van der Waals surface area (Å²) < 4.78 is 20.3. The lowest BCUT2D eigenvalue weighted by atomic mass is 9.80. The van der Waals surface area contributed by atoms with Gasteiger partial charge in [-0.1, -0.05) is 0 Å². The third-order valence-electron chi connectivity index (χ3n) is 5.47. The summed E-state index contributed by atoms with van der Waals surface area (Å²) in [5.74, 6) is -0.391. The third kappa shape index (κ3) is 3.23. The zero-order valence-electron chi connectivity index (χ0n) is 14.1. The molecule has 1 saturated carbocycles. The number of hydrogen-bond acceptors (Lipinski definition) is 3. The fraction of sp³-hybridized carbons (Fsp3) is 0.882. The Hall–Kier alpha value is -1.17. The van der Waals surface area contributed by atoms with Crippen LogP contribution in [0.3, 0.4) is 0 Å². The van der Waals surface area contributed by atoms with Crippen molar-refractivity contribution < 1.29 is 18.7 Å². The summed E-state index contributed by atoms with van der Waals surface area (Å²) in [5, 5.41) is 2.89. The summed E-state index contributed by atoms with van der Waals surface area (Å²) in [7, 11) is 0. The molecule has 3 aliphatic rings. The first kappa shape index (κ1) is 16.7. The second-order valence-electron chi connectivity index (χ2n) is 7.60. The average molecular weight is 326 g/mol. The highest BCUT2D eigenvalue weighted by Gasteiger charge is 2.50. The molecule has 1 atom stereocenters. The van der Waals surface area contributed by atoms with E-state index in [1.807, 2.05) is 13.8 Å². The third-order valence-corrected chi connectivity index (χ3v) is 5.47. The maximum Gasteiger partial charge on any atom is 0.260 e. The molecule has 2 amide bonds. The van der Waals surface area contributed by atoms with E-state index < -0.39 is 5.67 Å². The van der Waals surface area contributed by atoms with Crippen molar-refractivity contribution in [2.45, 2.75) is 82.2 Å². The van der Waals surface area contributed by atoms with Gasteiger partial charge in [-0.15, -0.1) is 0 Å². The fourth-order valence-electron chi connectivity index (χ4n) is 3.85. The Labute approximate surface area is 136 Å². The molecule has 3 fully saturated rings. The maximum atomic E-state index is 14.3. The first-order valence-electron chi connectivity index (χ1n) is 8.80. The molecule has 1 N–H and O–H groups in total. The number of hydrogen-bond donors (Lipinski definition) is 1. The number of rotatable bonds is 3. The smallest absolute Gasteiger partial charge is 0.260 e. The molecule has 3 rings (SSSR count). The molecule has 6 heteroatoms. The van der Waals surface area contributed by atoms with Gasteiger partial charge in [-0.25, -0.2) is 4.39 Å². The lowest BCUT2D eigenvalue weighted by Gasteiger charge is -2.43. The van der Waals surface area contributed by atoms with Crippen molar-refractivity contribution in [3.05, 3.63) is 0 Å². The lowest BCUT2D eigenvalue weighted by Crippen LogP contribution is -2.55. The minimum absolute atomic E-state index is 0.0486. The van der Waals surface area contributed by atoms with E-state index in [2.05, 4.69) is 5.32 Å². The van der Waals surface area contributed by atoms with Crippen LogP contribution in [0.2, 0.25) is 0 Å². The normalized spacial score (nSPS) is 28.7. The molecular formula is C17H27FN2O3. The number of carbonyl (C=O) groups excluding carboxylic acids is 2. The van der Waals surface area contributed by atoms with Crippen molar-refractivity contribution in [3.63, 3.8) is 0 Å². The van der Waals surface area contributed by atoms with E-state index in [-0.39, 0.29) is 29.6 Å². The molecule has 0 radical (unpaired) electrons. The molecule has 1 aliphatic carbocycles. The van der Waals surface area contributed by atoms with Gasteiger partial charge >= 0.3 is 0 Å². The average Bonchev–Trinajstić information content (AvgIpc) is 2.88. The first-order chi connectivity index (χ1) is 10.8. The number of alkyl halides is 1. The Morgan fingerprint density at radius 1 is 1.17 bits per heavy atom. The number of likely N-dealkylation sites (tertiary alicyclic amines) is 1. The van der Waals surface area contributed by atoms with Gasteiger partial charge in [0.15, 0.2) is 5.67 Å². The molecule has 1 spiro atoms. The molecule has 2 heterocycles. The van der Waals surface area contributed by atoms with Crippen LogP contribution >= 0.6 is 0 Å². The van der Waals surface area contributed by atoms with Crippen LogP contribution in [-0.4, -0.2) is 53.2 Å². The number of piperidine rings is 1. The Bertz CT molecular complexity index is 482. The Kier molecular flexibility index (Phi) is 4.38. The molecule has 2 aliphatic heterocycles. The second kappa shape index (κ2) is 6.04. The number of halogens is 1. The molecule has 1 unspecified atom stereocenters. The van der Waals surface area contributed by atoms with E-state index in [9.17, 15) is 14.0 Å². The van der Waals surface area contributed by atoms with Gasteiger partial charge in [0.05, 0.1) is 5.60 Å². The highest BCUT2D eigenvalue weighted by Crippen LogP contribution is 2.42. The molecule has 0 aromatic heterocycles. The Morgan fingerprint density at radius 2 is 1.83 bits per heavy atom. The molecule has 0 aromatic rings. The number of ether oxygens (including phenoxy) is 1. The zero-order valence-corrected chi connectivity index (χ0v) is 14.1. The van der Waals surface area contributed by atoms with E-state index >= 15 is 0 Å². The number of carbonyl (C=O) groups is 2. The van der Waals surface area contributed by atoms with Gasteiger partial charge in [-0.3, -0.25) is 9.59 Å². The zero-order chi connectivity index (χ0) is 16.7. The van der Waals surface area contributed by atoms with Crippen molar-refractivity contribution in [1.29, 1.82) is 0 Å². The molecule has 2 saturated heterocycles. The van der Waals surface area contributed by atoms with Gasteiger partial charge in [0.2, 0.25) is 5.91 Å². The van der Waals surface area contributed by atoms with E-state index in [0.717, 1.165) is 19.3 Å². The highest BCUT2D eigenvalue weighted by atomic mass is 19.1. The van der Waals surface area contributed by atoms with Crippen LogP contribution in [0.5, 0.6) is 0 Å². The molecule has 5 nitrogen and oxygen atoms in total. The van der Waals surface area contributed by atoms with Crippen LogP contribution in [0.1, 0.15) is 58.8 Å². The van der Waals surface area contributed by atoms with Gasteiger partial charge < -0.3 is 15.0 Å². The Morgan fingerprint density at radius 3 is 2.35 bits per heavy atom. The minimum atomic E-state index is -1.61. The maximum absolute atomic E-state index is 14.3. The van der Waals surface area contributed by atoms with Crippen LogP contribution in [0, 0.1) is 0 Å². The molecular weight excluding hydrogens is 299 g/mol. The predicted octanol–water partition coefficient (Wildman–Crippen LogP) is 1.94. The van der Waals surface area contributed by atoms with E-state index in [1.54, 1.807) is 4.90 Å². The van der Waals surface area contributed by atoms with Crippen molar-refractivity contribution in [2.24, 2.45) is 0 Å². The van der Waals surface area contributed by atoms with Crippen molar-refractivity contribution in [1.82, 2.24) is 10.2 Å². The monoisotopic (exact) mass is 326 g/mol. The SMILES string of the molecule is CC(C)NC(=O)C1CCC2(CCN(C(=O)C3(F)CCC3)CC2)O1. The quantitative estimate of drug-likeness (QED) is 0.862. The van der Waals surface area contributed by atoms with Crippen LogP contribution < -0.4 is 5.32 Å². The fourth-order valence-corrected chi connectivity index (χ4v) is 3.85. The van der Waals surface area contributed by atoms with Gasteiger partial charge in [0.1, 0.15) is 6.10 Å². The van der Waals surface area contributed by atoms with Crippen LogP contribution in [0.15, 0.2) is 0 Å². The summed E-state index contributed by atoms with van der Waals surface area (Å²) in [4.78, 5) is 26.0. The van der Waals surface area contributed by atoms with Gasteiger partial charge in [-0.05, 0) is 58.8 Å². The number of nitrogens with one attached hydrogen (secondary N) is 1. The van der Waals surface area contributed by atoms with Gasteiger partial charge in [0, 0.05) is 19.1 Å². The lowest BCUT2D eigenvalue weighted by molar-refractivity contribution is -0.158. The largest absolute Gasteiger partial charge is 0.362 e. The summed E-state index contributed by atoms with van der Waals surface area (Å²) in [6, 6.07) is 0.102. The second-order valence-corrected chi connectivity index (χ2v) is 7.60. The van der Waals surface area contributed by atoms with E-state index in [4.69, 9.17) is 4.74 Å². The number of nitrogens with zero attached hydrogens (tertiary/aromatic N) is 1. The molecule has 130 valence electrons. The van der Waals surface area contributed by atoms with E-state index in [0.29, 0.717) is 38.8 Å². The highest BCUT2D eigenvalue weighted by molar-refractivity contribution is 5.86. The summed E-state index contributed by atoms with van der Waals surface area (Å²) in [6.45, 7) is 4.92. The Balaban J connectivity index is 1.53. The molecule has 0 aromatic carbocycles. The summed E-state index contributed by atoms with van der Waals surface area (Å²) in [6.07, 6.45) is 4.09. The topological polar surface area (TPSA) is 58.6 Å². The van der Waals surface area contributed by atoms with E-state index in [1.165, 1.54) is 0 Å². The van der Waals surface area contributed by atoms with Crippen molar-refractivity contribution in [2.75, 3.05) is 13.1 Å².